The number of nitrogens with zero attached hydrogens (tertiary/aromatic N) is 2. The molecule has 0 fully saturated rings. The van der Waals surface area contributed by atoms with Crippen LogP contribution in [-0.4, -0.2) is 10.2 Å². The molecule has 0 aliphatic carbocycles. The topological polar surface area (TPSA) is 66.9 Å². The lowest BCUT2D eigenvalue weighted by atomic mass is 10.2. The zero-order valence-corrected chi connectivity index (χ0v) is 9.95. The van der Waals surface area contributed by atoms with Gasteiger partial charge in [0.15, 0.2) is 0 Å². The number of benzene rings is 1. The maximum absolute atomic E-state index is 10.5. The average molecular weight is 236 g/mol. The molecule has 0 radical (unpaired) electrons. The first-order valence-electron chi connectivity index (χ1n) is 4.93. The molecule has 0 N–H and O–H groups in total. The van der Waals surface area contributed by atoms with Crippen molar-refractivity contribution in [3.05, 3.63) is 33.9 Å². The van der Waals surface area contributed by atoms with Crippen molar-refractivity contribution in [3.63, 3.8) is 0 Å². The van der Waals surface area contributed by atoms with E-state index in [2.05, 4.69) is 13.8 Å². The summed E-state index contributed by atoms with van der Waals surface area (Å²) >= 11 is 1.57. The molecular weight excluding hydrogens is 224 g/mol. The predicted molar refractivity (Wildman–Crippen MR) is 63.4 cm³/mol. The van der Waals surface area contributed by atoms with Gasteiger partial charge in [-0.15, -0.1) is 11.8 Å². The molecule has 0 aliphatic rings. The Morgan fingerprint density at radius 2 is 2.31 bits per heavy atom. The van der Waals surface area contributed by atoms with Crippen molar-refractivity contribution in [1.82, 2.24) is 0 Å². The number of nitro groups is 1. The average Bonchev–Trinajstić information content (AvgIpc) is 2.29. The van der Waals surface area contributed by atoms with E-state index in [1.54, 1.807) is 17.8 Å². The molecule has 0 heterocycles. The molecule has 0 amide bonds. The van der Waals surface area contributed by atoms with Gasteiger partial charge in [-0.1, -0.05) is 13.8 Å². The number of hydrogen-bond acceptors (Lipinski definition) is 4. The van der Waals surface area contributed by atoms with Crippen molar-refractivity contribution in [2.45, 2.75) is 30.4 Å². The fourth-order valence-corrected chi connectivity index (χ4v) is 2.10. The normalized spacial score (nSPS) is 11.8. The molecular formula is C11H12N2O2S. The van der Waals surface area contributed by atoms with Crippen LogP contribution in [0, 0.1) is 21.4 Å². The minimum absolute atomic E-state index is 0.0370. The molecule has 0 aromatic heterocycles. The van der Waals surface area contributed by atoms with E-state index in [1.165, 1.54) is 12.1 Å². The zero-order valence-electron chi connectivity index (χ0n) is 9.14. The van der Waals surface area contributed by atoms with Crippen molar-refractivity contribution in [1.29, 1.82) is 5.26 Å². The lowest BCUT2D eigenvalue weighted by Crippen LogP contribution is -1.95. The van der Waals surface area contributed by atoms with Crippen molar-refractivity contribution in [3.8, 4) is 6.07 Å². The van der Waals surface area contributed by atoms with Crippen molar-refractivity contribution in [2.24, 2.45) is 0 Å². The third-order valence-corrected chi connectivity index (χ3v) is 3.54. The standard InChI is InChI=1S/C11H12N2O2S/c1-3-8(2)16-11-5-4-10(13(14)15)6-9(11)7-12/h4-6,8H,3H2,1-2H3/t8-/m1/s1. The summed E-state index contributed by atoms with van der Waals surface area (Å²) in [6.45, 7) is 4.13. The first kappa shape index (κ1) is 12.5. The molecule has 1 aromatic carbocycles. The number of nitriles is 1. The van der Waals surface area contributed by atoms with E-state index in [0.717, 1.165) is 11.3 Å². The van der Waals surface area contributed by atoms with Gasteiger partial charge in [0, 0.05) is 22.3 Å². The van der Waals surface area contributed by atoms with Crippen molar-refractivity contribution < 1.29 is 4.92 Å². The van der Waals surface area contributed by atoms with Crippen LogP contribution in [0.2, 0.25) is 0 Å². The monoisotopic (exact) mass is 236 g/mol. The van der Waals surface area contributed by atoms with Crippen LogP contribution in [0.25, 0.3) is 0 Å². The second-order valence-electron chi connectivity index (χ2n) is 3.39. The molecule has 1 aromatic rings. The highest BCUT2D eigenvalue weighted by Crippen LogP contribution is 2.30. The number of hydrogen-bond donors (Lipinski definition) is 0. The third-order valence-electron chi connectivity index (χ3n) is 2.20. The molecule has 0 saturated heterocycles. The Morgan fingerprint density at radius 1 is 1.62 bits per heavy atom. The third kappa shape index (κ3) is 2.97. The van der Waals surface area contributed by atoms with Crippen LogP contribution in [0.15, 0.2) is 23.1 Å². The van der Waals surface area contributed by atoms with E-state index in [1.807, 2.05) is 6.07 Å². The van der Waals surface area contributed by atoms with E-state index in [4.69, 9.17) is 5.26 Å². The second-order valence-corrected chi connectivity index (χ2v) is 4.87. The summed E-state index contributed by atoms with van der Waals surface area (Å²) in [5.74, 6) is 0. The highest BCUT2D eigenvalue weighted by atomic mass is 32.2. The molecule has 0 spiro atoms. The van der Waals surface area contributed by atoms with Gasteiger partial charge in [-0.2, -0.15) is 5.26 Å². The molecule has 4 nitrogen and oxygen atoms in total. The van der Waals surface area contributed by atoms with Crippen LogP contribution < -0.4 is 0 Å². The summed E-state index contributed by atoms with van der Waals surface area (Å²) in [5, 5.41) is 19.9. The second kappa shape index (κ2) is 5.52. The Hall–Kier alpha value is -1.54. The fourth-order valence-electron chi connectivity index (χ4n) is 1.12. The van der Waals surface area contributed by atoms with Gasteiger partial charge in [0.1, 0.15) is 6.07 Å². The first-order chi connectivity index (χ1) is 7.58. The molecule has 1 rings (SSSR count). The van der Waals surface area contributed by atoms with Gasteiger partial charge in [-0.3, -0.25) is 10.1 Å². The van der Waals surface area contributed by atoms with Crippen molar-refractivity contribution >= 4 is 17.4 Å². The van der Waals surface area contributed by atoms with Gasteiger partial charge in [0.25, 0.3) is 5.69 Å². The fraction of sp³-hybridized carbons (Fsp3) is 0.364. The number of non-ortho nitro benzene ring substituents is 1. The van der Waals surface area contributed by atoms with Crippen LogP contribution in [0.1, 0.15) is 25.8 Å². The lowest BCUT2D eigenvalue weighted by Gasteiger charge is -2.08. The van der Waals surface area contributed by atoms with Gasteiger partial charge < -0.3 is 0 Å². The van der Waals surface area contributed by atoms with E-state index < -0.39 is 4.92 Å². The lowest BCUT2D eigenvalue weighted by molar-refractivity contribution is -0.384. The summed E-state index contributed by atoms with van der Waals surface area (Å²) < 4.78 is 0. The zero-order chi connectivity index (χ0) is 12.1. The van der Waals surface area contributed by atoms with Gasteiger partial charge in [-0.25, -0.2) is 0 Å². The Kier molecular flexibility index (Phi) is 4.32. The SMILES string of the molecule is CC[C@@H](C)Sc1ccc([N+](=O)[O-])cc1C#N. The molecule has 5 heteroatoms. The van der Waals surface area contributed by atoms with Crippen LogP contribution in [0.4, 0.5) is 5.69 Å². The maximum atomic E-state index is 10.5. The van der Waals surface area contributed by atoms with Crippen LogP contribution >= 0.6 is 11.8 Å². The molecule has 16 heavy (non-hydrogen) atoms. The van der Waals surface area contributed by atoms with Gasteiger partial charge >= 0.3 is 0 Å². The smallest absolute Gasteiger partial charge is 0.258 e. The van der Waals surface area contributed by atoms with Crippen LogP contribution in [0.5, 0.6) is 0 Å². The molecule has 84 valence electrons. The maximum Gasteiger partial charge on any atom is 0.270 e. The summed E-state index contributed by atoms with van der Waals surface area (Å²) in [4.78, 5) is 10.9. The molecule has 0 saturated carbocycles. The minimum atomic E-state index is -0.488. The summed E-state index contributed by atoms with van der Waals surface area (Å²) in [5.41, 5.74) is 0.338. The number of thioether (sulfide) groups is 1. The predicted octanol–water partition coefficient (Wildman–Crippen LogP) is 3.36. The Balaban J connectivity index is 3.03. The van der Waals surface area contributed by atoms with Gasteiger partial charge in [0.2, 0.25) is 0 Å². The molecule has 1 atom stereocenters. The molecule has 0 bridgehead atoms. The highest BCUT2D eigenvalue weighted by molar-refractivity contribution is 8.00. The highest BCUT2D eigenvalue weighted by Gasteiger charge is 2.12. The summed E-state index contributed by atoms with van der Waals surface area (Å²) in [7, 11) is 0. The van der Waals surface area contributed by atoms with Gasteiger partial charge in [0.05, 0.1) is 10.5 Å². The summed E-state index contributed by atoms with van der Waals surface area (Å²) in [6, 6.07) is 6.40. The Labute approximate surface area is 98.4 Å². The Bertz CT molecular complexity index is 440. The first-order valence-corrected chi connectivity index (χ1v) is 5.81. The molecule has 0 aliphatic heterocycles. The van der Waals surface area contributed by atoms with E-state index >= 15 is 0 Å². The number of rotatable bonds is 4. The van der Waals surface area contributed by atoms with E-state index in [9.17, 15) is 10.1 Å². The van der Waals surface area contributed by atoms with Crippen LogP contribution in [-0.2, 0) is 0 Å². The van der Waals surface area contributed by atoms with E-state index in [0.29, 0.717) is 10.8 Å². The minimum Gasteiger partial charge on any atom is -0.258 e. The largest absolute Gasteiger partial charge is 0.270 e. The number of nitro benzene ring substituents is 1. The summed E-state index contributed by atoms with van der Waals surface area (Å²) in [6.07, 6.45) is 0.993. The van der Waals surface area contributed by atoms with Crippen molar-refractivity contribution in [2.75, 3.05) is 0 Å². The quantitative estimate of drug-likeness (QED) is 0.456. The Morgan fingerprint density at radius 3 is 2.81 bits per heavy atom. The van der Waals surface area contributed by atoms with E-state index in [-0.39, 0.29) is 5.69 Å². The molecule has 0 unspecified atom stereocenters. The van der Waals surface area contributed by atoms with Gasteiger partial charge in [-0.05, 0) is 12.5 Å². The van der Waals surface area contributed by atoms with Crippen LogP contribution in [0.3, 0.4) is 0 Å².